The lowest BCUT2D eigenvalue weighted by Crippen LogP contribution is -2.37. The van der Waals surface area contributed by atoms with E-state index in [2.05, 4.69) is 50.1 Å². The SMILES string of the molecule is CCCCCCC(CN)N(C)Cc1ccccc1C. The molecule has 1 rings (SSSR count). The first-order valence-electron chi connectivity index (χ1n) is 7.63. The monoisotopic (exact) mass is 262 g/mol. The van der Waals surface area contributed by atoms with E-state index >= 15 is 0 Å². The number of benzene rings is 1. The second kappa shape index (κ2) is 9.11. The number of nitrogens with zero attached hydrogens (tertiary/aromatic N) is 1. The van der Waals surface area contributed by atoms with E-state index in [4.69, 9.17) is 5.73 Å². The average Bonchev–Trinajstić information content (AvgIpc) is 2.41. The van der Waals surface area contributed by atoms with Gasteiger partial charge in [-0.2, -0.15) is 0 Å². The first-order chi connectivity index (χ1) is 9.19. The first kappa shape index (κ1) is 16.2. The van der Waals surface area contributed by atoms with E-state index in [1.807, 2.05) is 0 Å². The zero-order valence-electron chi connectivity index (χ0n) is 12.9. The summed E-state index contributed by atoms with van der Waals surface area (Å²) in [6.45, 7) is 6.20. The van der Waals surface area contributed by atoms with E-state index in [1.165, 1.54) is 43.2 Å². The van der Waals surface area contributed by atoms with Gasteiger partial charge in [-0.25, -0.2) is 0 Å². The predicted octanol–water partition coefficient (Wildman–Crippen LogP) is 3.72. The molecule has 0 fully saturated rings. The molecule has 0 heterocycles. The van der Waals surface area contributed by atoms with Crippen LogP contribution >= 0.6 is 0 Å². The maximum Gasteiger partial charge on any atom is 0.0236 e. The Morgan fingerprint density at radius 1 is 1.16 bits per heavy atom. The maximum absolute atomic E-state index is 5.94. The van der Waals surface area contributed by atoms with Crippen molar-refractivity contribution in [3.63, 3.8) is 0 Å². The molecule has 0 saturated heterocycles. The summed E-state index contributed by atoms with van der Waals surface area (Å²) >= 11 is 0. The Kier molecular flexibility index (Phi) is 7.76. The summed E-state index contributed by atoms with van der Waals surface area (Å²) in [5.74, 6) is 0. The van der Waals surface area contributed by atoms with Crippen LogP contribution < -0.4 is 5.73 Å². The van der Waals surface area contributed by atoms with Gasteiger partial charge in [-0.3, -0.25) is 4.90 Å². The van der Waals surface area contributed by atoms with Gasteiger partial charge >= 0.3 is 0 Å². The Labute approximate surface area is 119 Å². The Morgan fingerprint density at radius 3 is 2.53 bits per heavy atom. The van der Waals surface area contributed by atoms with Crippen molar-refractivity contribution < 1.29 is 0 Å². The third-order valence-electron chi connectivity index (χ3n) is 3.97. The van der Waals surface area contributed by atoms with Gasteiger partial charge in [0.1, 0.15) is 0 Å². The van der Waals surface area contributed by atoms with Crippen LogP contribution in [0.2, 0.25) is 0 Å². The lowest BCUT2D eigenvalue weighted by Gasteiger charge is -2.27. The number of nitrogens with two attached hydrogens (primary N) is 1. The van der Waals surface area contributed by atoms with Crippen LogP contribution in [-0.2, 0) is 6.54 Å². The summed E-state index contributed by atoms with van der Waals surface area (Å²) in [6, 6.07) is 9.13. The first-order valence-corrected chi connectivity index (χ1v) is 7.63. The van der Waals surface area contributed by atoms with Crippen molar-refractivity contribution in [2.45, 2.75) is 58.5 Å². The van der Waals surface area contributed by atoms with E-state index in [0.717, 1.165) is 13.1 Å². The molecule has 0 saturated carbocycles. The minimum atomic E-state index is 0.511. The second-order valence-electron chi connectivity index (χ2n) is 5.58. The van der Waals surface area contributed by atoms with Crippen molar-refractivity contribution in [1.82, 2.24) is 4.90 Å². The summed E-state index contributed by atoms with van der Waals surface area (Å²) in [7, 11) is 2.20. The normalized spacial score (nSPS) is 12.9. The van der Waals surface area contributed by atoms with Gasteiger partial charge in [-0.05, 0) is 31.5 Å². The van der Waals surface area contributed by atoms with Crippen LogP contribution in [0.15, 0.2) is 24.3 Å². The molecule has 1 aromatic rings. The van der Waals surface area contributed by atoms with Crippen molar-refractivity contribution in [3.8, 4) is 0 Å². The van der Waals surface area contributed by atoms with Gasteiger partial charge in [0.05, 0.1) is 0 Å². The van der Waals surface area contributed by atoms with Crippen molar-refractivity contribution >= 4 is 0 Å². The van der Waals surface area contributed by atoms with Gasteiger partial charge in [0.2, 0.25) is 0 Å². The predicted molar refractivity (Wildman–Crippen MR) is 84.2 cm³/mol. The van der Waals surface area contributed by atoms with E-state index in [1.54, 1.807) is 0 Å². The number of rotatable bonds is 9. The van der Waals surface area contributed by atoms with Crippen LogP contribution in [0.4, 0.5) is 0 Å². The number of unbranched alkanes of at least 4 members (excludes halogenated alkanes) is 3. The summed E-state index contributed by atoms with van der Waals surface area (Å²) < 4.78 is 0. The van der Waals surface area contributed by atoms with Gasteiger partial charge in [0.15, 0.2) is 0 Å². The Balaban J connectivity index is 2.45. The minimum absolute atomic E-state index is 0.511. The summed E-state index contributed by atoms with van der Waals surface area (Å²) in [5.41, 5.74) is 8.72. The molecule has 108 valence electrons. The van der Waals surface area contributed by atoms with Gasteiger partial charge in [-0.15, -0.1) is 0 Å². The highest BCUT2D eigenvalue weighted by molar-refractivity contribution is 5.25. The Bertz CT molecular complexity index is 349. The third kappa shape index (κ3) is 5.75. The smallest absolute Gasteiger partial charge is 0.0236 e. The van der Waals surface area contributed by atoms with Crippen molar-refractivity contribution in [2.75, 3.05) is 13.6 Å². The molecule has 2 N–H and O–H groups in total. The van der Waals surface area contributed by atoms with Gasteiger partial charge in [0, 0.05) is 19.1 Å². The van der Waals surface area contributed by atoms with Gasteiger partial charge in [0.25, 0.3) is 0 Å². The molecule has 1 aromatic carbocycles. The van der Waals surface area contributed by atoms with Crippen LogP contribution in [0, 0.1) is 6.92 Å². The average molecular weight is 262 g/mol. The molecule has 1 unspecified atom stereocenters. The summed E-state index contributed by atoms with van der Waals surface area (Å²) in [4.78, 5) is 2.41. The molecule has 0 spiro atoms. The molecule has 0 amide bonds. The molecule has 0 aliphatic rings. The maximum atomic E-state index is 5.94. The summed E-state index contributed by atoms with van der Waals surface area (Å²) in [6.07, 6.45) is 6.50. The quantitative estimate of drug-likeness (QED) is 0.687. The number of hydrogen-bond acceptors (Lipinski definition) is 2. The van der Waals surface area contributed by atoms with Crippen LogP contribution in [-0.4, -0.2) is 24.5 Å². The molecule has 2 nitrogen and oxygen atoms in total. The van der Waals surface area contributed by atoms with Crippen molar-refractivity contribution in [1.29, 1.82) is 0 Å². The number of aryl methyl sites for hydroxylation is 1. The highest BCUT2D eigenvalue weighted by Crippen LogP contribution is 2.14. The molecular weight excluding hydrogens is 232 g/mol. The molecule has 0 radical (unpaired) electrons. The molecule has 0 aromatic heterocycles. The molecular formula is C17H30N2. The van der Waals surface area contributed by atoms with Gasteiger partial charge < -0.3 is 5.73 Å². The van der Waals surface area contributed by atoms with Crippen molar-refractivity contribution in [2.24, 2.45) is 5.73 Å². The van der Waals surface area contributed by atoms with Gasteiger partial charge in [-0.1, -0.05) is 56.9 Å². The summed E-state index contributed by atoms with van der Waals surface area (Å²) in [5, 5.41) is 0. The Morgan fingerprint density at radius 2 is 1.89 bits per heavy atom. The highest BCUT2D eigenvalue weighted by Gasteiger charge is 2.13. The lowest BCUT2D eigenvalue weighted by molar-refractivity contribution is 0.222. The van der Waals surface area contributed by atoms with E-state index < -0.39 is 0 Å². The third-order valence-corrected chi connectivity index (χ3v) is 3.97. The van der Waals surface area contributed by atoms with E-state index in [0.29, 0.717) is 6.04 Å². The fourth-order valence-electron chi connectivity index (χ4n) is 2.51. The minimum Gasteiger partial charge on any atom is -0.329 e. The number of hydrogen-bond donors (Lipinski definition) is 1. The second-order valence-corrected chi connectivity index (χ2v) is 5.58. The fourth-order valence-corrected chi connectivity index (χ4v) is 2.51. The molecule has 0 bridgehead atoms. The molecule has 19 heavy (non-hydrogen) atoms. The van der Waals surface area contributed by atoms with Crippen LogP contribution in [0.1, 0.15) is 50.2 Å². The zero-order valence-corrected chi connectivity index (χ0v) is 12.9. The lowest BCUT2D eigenvalue weighted by atomic mass is 10.0. The molecule has 0 aliphatic carbocycles. The largest absolute Gasteiger partial charge is 0.329 e. The van der Waals surface area contributed by atoms with Crippen LogP contribution in [0.3, 0.4) is 0 Å². The topological polar surface area (TPSA) is 29.3 Å². The zero-order chi connectivity index (χ0) is 14.1. The number of likely N-dealkylation sites (N-methyl/N-ethyl adjacent to an activating group) is 1. The van der Waals surface area contributed by atoms with Crippen LogP contribution in [0.25, 0.3) is 0 Å². The molecule has 0 aliphatic heterocycles. The standard InChI is InChI=1S/C17H30N2/c1-4-5-6-7-12-17(13-18)19(3)14-16-11-9-8-10-15(16)2/h8-11,17H,4-7,12-14,18H2,1-3H3. The van der Waals surface area contributed by atoms with E-state index in [-0.39, 0.29) is 0 Å². The molecule has 1 atom stereocenters. The fraction of sp³-hybridized carbons (Fsp3) is 0.647. The molecule has 2 heteroatoms. The van der Waals surface area contributed by atoms with E-state index in [9.17, 15) is 0 Å². The Hall–Kier alpha value is -0.860. The van der Waals surface area contributed by atoms with Crippen LogP contribution in [0.5, 0.6) is 0 Å². The highest BCUT2D eigenvalue weighted by atomic mass is 15.1. The van der Waals surface area contributed by atoms with Crippen molar-refractivity contribution in [3.05, 3.63) is 35.4 Å².